The maximum atomic E-state index is 5.77. The standard InChI is InChI=1S/C16H24N4S/c17-16(21)15-13(4-3-7-18-15)12-19-8-10-20(11-9-19)14-5-1-2-6-14/h3-4,7,14H,1-2,5-6,8-12H2,(H2,17,21). The molecule has 114 valence electrons. The Labute approximate surface area is 132 Å². The molecular weight excluding hydrogens is 280 g/mol. The van der Waals surface area contributed by atoms with Crippen molar-refractivity contribution in [3.63, 3.8) is 0 Å². The maximum absolute atomic E-state index is 5.77. The lowest BCUT2D eigenvalue weighted by Gasteiger charge is -2.38. The number of nitrogens with two attached hydrogens (primary N) is 1. The minimum atomic E-state index is 0.398. The molecule has 2 fully saturated rings. The van der Waals surface area contributed by atoms with E-state index in [4.69, 9.17) is 18.0 Å². The highest BCUT2D eigenvalue weighted by molar-refractivity contribution is 7.80. The van der Waals surface area contributed by atoms with Gasteiger partial charge in [-0.05, 0) is 24.5 Å². The highest BCUT2D eigenvalue weighted by Crippen LogP contribution is 2.24. The van der Waals surface area contributed by atoms with Crippen LogP contribution in [0.15, 0.2) is 18.3 Å². The molecule has 1 aromatic rings. The second-order valence-corrected chi connectivity index (χ2v) is 6.57. The summed E-state index contributed by atoms with van der Waals surface area (Å²) in [5.41, 5.74) is 7.70. The van der Waals surface area contributed by atoms with Crippen LogP contribution in [0.2, 0.25) is 0 Å². The summed E-state index contributed by atoms with van der Waals surface area (Å²) in [5, 5.41) is 0. The van der Waals surface area contributed by atoms with E-state index in [9.17, 15) is 0 Å². The Kier molecular flexibility index (Phi) is 4.83. The molecule has 2 aliphatic rings. The first-order chi connectivity index (χ1) is 10.2. The molecule has 4 nitrogen and oxygen atoms in total. The lowest BCUT2D eigenvalue weighted by atomic mass is 10.1. The zero-order chi connectivity index (χ0) is 14.7. The summed E-state index contributed by atoms with van der Waals surface area (Å²) in [6, 6.07) is 4.90. The Hall–Kier alpha value is -1.04. The van der Waals surface area contributed by atoms with Crippen LogP contribution in [0.3, 0.4) is 0 Å². The van der Waals surface area contributed by atoms with Gasteiger partial charge in [-0.15, -0.1) is 0 Å². The van der Waals surface area contributed by atoms with Crippen LogP contribution in [0.5, 0.6) is 0 Å². The molecule has 3 rings (SSSR count). The van der Waals surface area contributed by atoms with Crippen LogP contribution in [0.1, 0.15) is 36.9 Å². The highest BCUT2D eigenvalue weighted by Gasteiger charge is 2.26. The maximum Gasteiger partial charge on any atom is 0.123 e. The Balaban J connectivity index is 1.57. The number of pyridine rings is 1. The van der Waals surface area contributed by atoms with Gasteiger partial charge >= 0.3 is 0 Å². The van der Waals surface area contributed by atoms with Crippen LogP contribution in [0.4, 0.5) is 0 Å². The van der Waals surface area contributed by atoms with Crippen LogP contribution < -0.4 is 5.73 Å². The van der Waals surface area contributed by atoms with E-state index in [1.54, 1.807) is 6.20 Å². The summed E-state index contributed by atoms with van der Waals surface area (Å²) in [5.74, 6) is 0. The van der Waals surface area contributed by atoms with Gasteiger partial charge in [0.15, 0.2) is 0 Å². The molecule has 1 aromatic heterocycles. The van der Waals surface area contributed by atoms with Gasteiger partial charge in [0.1, 0.15) is 10.7 Å². The molecule has 2 heterocycles. The Morgan fingerprint density at radius 2 is 1.95 bits per heavy atom. The van der Waals surface area contributed by atoms with Crippen molar-refractivity contribution in [2.75, 3.05) is 26.2 Å². The van der Waals surface area contributed by atoms with Gasteiger partial charge in [-0.3, -0.25) is 14.8 Å². The first-order valence-corrected chi connectivity index (χ1v) is 8.35. The van der Waals surface area contributed by atoms with Gasteiger partial charge < -0.3 is 5.73 Å². The topological polar surface area (TPSA) is 45.4 Å². The normalized spacial score (nSPS) is 21.7. The van der Waals surface area contributed by atoms with E-state index in [-0.39, 0.29) is 0 Å². The van der Waals surface area contributed by atoms with E-state index in [0.29, 0.717) is 4.99 Å². The minimum Gasteiger partial charge on any atom is -0.388 e. The van der Waals surface area contributed by atoms with E-state index in [1.165, 1.54) is 38.8 Å². The van der Waals surface area contributed by atoms with Crippen molar-refractivity contribution in [1.82, 2.24) is 14.8 Å². The molecule has 1 aliphatic carbocycles. The van der Waals surface area contributed by atoms with E-state index >= 15 is 0 Å². The summed E-state index contributed by atoms with van der Waals surface area (Å²) in [4.78, 5) is 9.89. The number of thiocarbonyl (C=S) groups is 1. The molecule has 1 saturated carbocycles. The smallest absolute Gasteiger partial charge is 0.123 e. The zero-order valence-corrected chi connectivity index (χ0v) is 13.3. The largest absolute Gasteiger partial charge is 0.388 e. The molecule has 5 heteroatoms. The van der Waals surface area contributed by atoms with Crippen molar-refractivity contribution in [1.29, 1.82) is 0 Å². The molecule has 0 unspecified atom stereocenters. The average Bonchev–Trinajstić information content (AvgIpc) is 3.03. The van der Waals surface area contributed by atoms with Gasteiger partial charge in [-0.25, -0.2) is 0 Å². The first kappa shape index (κ1) is 14.9. The third kappa shape index (κ3) is 3.59. The van der Waals surface area contributed by atoms with Crippen LogP contribution in [0.25, 0.3) is 0 Å². The number of nitrogens with zero attached hydrogens (tertiary/aromatic N) is 3. The second-order valence-electron chi connectivity index (χ2n) is 6.13. The lowest BCUT2D eigenvalue weighted by Crippen LogP contribution is -2.49. The summed E-state index contributed by atoms with van der Waals surface area (Å²) in [6.07, 6.45) is 7.38. The minimum absolute atomic E-state index is 0.398. The predicted octanol–water partition coefficient (Wildman–Crippen LogP) is 1.78. The summed E-state index contributed by atoms with van der Waals surface area (Å²) in [7, 11) is 0. The fourth-order valence-electron chi connectivity index (χ4n) is 3.58. The SMILES string of the molecule is NC(=S)c1ncccc1CN1CCN(C2CCCC2)CC1. The average molecular weight is 304 g/mol. The summed E-state index contributed by atoms with van der Waals surface area (Å²) >= 11 is 5.10. The van der Waals surface area contributed by atoms with Crippen molar-refractivity contribution in [2.45, 2.75) is 38.3 Å². The monoisotopic (exact) mass is 304 g/mol. The number of rotatable bonds is 4. The molecule has 0 aromatic carbocycles. The van der Waals surface area contributed by atoms with E-state index in [2.05, 4.69) is 20.9 Å². The molecule has 0 radical (unpaired) electrons. The lowest BCUT2D eigenvalue weighted by molar-refractivity contribution is 0.0936. The molecule has 1 saturated heterocycles. The molecular formula is C16H24N4S. The zero-order valence-electron chi connectivity index (χ0n) is 12.5. The van der Waals surface area contributed by atoms with Gasteiger partial charge in [-0.1, -0.05) is 31.1 Å². The number of piperazine rings is 1. The van der Waals surface area contributed by atoms with Crippen molar-refractivity contribution < 1.29 is 0 Å². The van der Waals surface area contributed by atoms with Crippen molar-refractivity contribution in [2.24, 2.45) is 5.73 Å². The molecule has 0 amide bonds. The highest BCUT2D eigenvalue weighted by atomic mass is 32.1. The van der Waals surface area contributed by atoms with Crippen molar-refractivity contribution >= 4 is 17.2 Å². The molecule has 0 spiro atoms. The van der Waals surface area contributed by atoms with Crippen LogP contribution in [0, 0.1) is 0 Å². The van der Waals surface area contributed by atoms with E-state index in [0.717, 1.165) is 36.9 Å². The summed E-state index contributed by atoms with van der Waals surface area (Å²) in [6.45, 7) is 5.53. The Morgan fingerprint density at radius 3 is 2.62 bits per heavy atom. The van der Waals surface area contributed by atoms with Gasteiger partial charge in [0, 0.05) is 45.0 Å². The van der Waals surface area contributed by atoms with Gasteiger partial charge in [0.25, 0.3) is 0 Å². The van der Waals surface area contributed by atoms with Crippen LogP contribution in [-0.2, 0) is 6.54 Å². The number of hydrogen-bond acceptors (Lipinski definition) is 4. The third-order valence-corrected chi connectivity index (χ3v) is 4.96. The quantitative estimate of drug-likeness (QED) is 0.859. The fourth-order valence-corrected chi connectivity index (χ4v) is 3.77. The number of hydrogen-bond donors (Lipinski definition) is 1. The van der Waals surface area contributed by atoms with Crippen LogP contribution in [-0.4, -0.2) is 52.0 Å². The van der Waals surface area contributed by atoms with Gasteiger partial charge in [-0.2, -0.15) is 0 Å². The van der Waals surface area contributed by atoms with E-state index in [1.807, 2.05) is 6.07 Å². The summed E-state index contributed by atoms with van der Waals surface area (Å²) < 4.78 is 0. The van der Waals surface area contributed by atoms with Crippen molar-refractivity contribution in [3.05, 3.63) is 29.6 Å². The fraction of sp³-hybridized carbons (Fsp3) is 0.625. The number of aromatic nitrogens is 1. The van der Waals surface area contributed by atoms with Crippen molar-refractivity contribution in [3.8, 4) is 0 Å². The molecule has 1 aliphatic heterocycles. The Morgan fingerprint density at radius 1 is 1.24 bits per heavy atom. The first-order valence-electron chi connectivity index (χ1n) is 7.94. The molecule has 2 N–H and O–H groups in total. The third-order valence-electron chi connectivity index (χ3n) is 4.77. The molecule has 0 bridgehead atoms. The molecule has 0 atom stereocenters. The van der Waals surface area contributed by atoms with Gasteiger partial charge in [0.2, 0.25) is 0 Å². The predicted molar refractivity (Wildman–Crippen MR) is 89.2 cm³/mol. The second kappa shape index (κ2) is 6.81. The van der Waals surface area contributed by atoms with E-state index < -0.39 is 0 Å². The Bertz CT molecular complexity index is 491. The van der Waals surface area contributed by atoms with Gasteiger partial charge in [0.05, 0.1) is 0 Å². The molecule has 21 heavy (non-hydrogen) atoms. The van der Waals surface area contributed by atoms with Crippen LogP contribution >= 0.6 is 12.2 Å².